The van der Waals surface area contributed by atoms with E-state index < -0.39 is 15.3 Å². The summed E-state index contributed by atoms with van der Waals surface area (Å²) in [4.78, 5) is 0. The van der Waals surface area contributed by atoms with Gasteiger partial charge in [-0.25, -0.2) is 7.42 Å². The predicted octanol–water partition coefficient (Wildman–Crippen LogP) is 7.18. The van der Waals surface area contributed by atoms with Crippen molar-refractivity contribution in [2.24, 2.45) is 0 Å². The van der Waals surface area contributed by atoms with Crippen molar-refractivity contribution < 1.29 is 0 Å². The Kier molecular flexibility index (Phi) is 9.63. The van der Waals surface area contributed by atoms with Crippen LogP contribution >= 0.6 is 31.1 Å². The van der Waals surface area contributed by atoms with Crippen LogP contribution < -0.4 is 26.4 Å². The minimum atomic E-state index is -0.756. The van der Waals surface area contributed by atoms with Gasteiger partial charge < -0.3 is 15.3 Å². The summed E-state index contributed by atoms with van der Waals surface area (Å²) >= 11 is 4.31. The minimum absolute atomic E-state index is 0.388. The highest BCUT2D eigenvalue weighted by atomic mass is 79.9. The fourth-order valence-corrected chi connectivity index (χ4v) is 16.3. The number of hydrogen-bond acceptors (Lipinski definition) is 0. The van der Waals surface area contributed by atoms with E-state index in [-0.39, 0.29) is 7.92 Å². The normalized spacial score (nSPS) is 15.1. The van der Waals surface area contributed by atoms with Gasteiger partial charge in [0.05, 0.1) is 0 Å². The van der Waals surface area contributed by atoms with Gasteiger partial charge in [-0.15, -0.1) is 5.54 Å². The Morgan fingerprint density at radius 3 is 1.56 bits per heavy atom. The SMILES string of the molecule is Br[Si-](c1ccccc1P(CCP(c1ccccc1)c1ccccc1)c1ccccc1)C1CCCCC1. The molecule has 0 spiro atoms. The molecule has 0 heterocycles. The molecule has 1 fully saturated rings. The average Bonchev–Trinajstić information content (AvgIpc) is 2.97. The molecule has 0 N–H and O–H groups in total. The molecule has 0 amide bonds. The molecule has 1 aliphatic carbocycles. The van der Waals surface area contributed by atoms with Crippen LogP contribution in [0.4, 0.5) is 0 Å². The van der Waals surface area contributed by atoms with Crippen molar-refractivity contribution in [2.45, 2.75) is 37.6 Å². The summed E-state index contributed by atoms with van der Waals surface area (Å²) in [6.45, 7) is 0. The zero-order valence-corrected chi connectivity index (χ0v) is 25.1. The van der Waals surface area contributed by atoms with Crippen molar-refractivity contribution in [1.82, 2.24) is 0 Å². The van der Waals surface area contributed by atoms with Crippen molar-refractivity contribution in [3.63, 3.8) is 0 Å². The number of hydrogen-bond donors (Lipinski definition) is 0. The molecule has 1 unspecified atom stereocenters. The maximum absolute atomic E-state index is 4.31. The van der Waals surface area contributed by atoms with E-state index in [1.54, 1.807) is 10.5 Å². The molecule has 0 saturated heterocycles. The number of benzene rings is 4. The minimum Gasteiger partial charge on any atom is -0.327 e. The monoisotopic (exact) mass is 587 g/mol. The van der Waals surface area contributed by atoms with Crippen LogP contribution in [-0.4, -0.2) is 19.7 Å². The third-order valence-electron chi connectivity index (χ3n) is 7.17. The van der Waals surface area contributed by atoms with E-state index >= 15 is 0 Å². The van der Waals surface area contributed by atoms with Crippen LogP contribution in [0, 0.1) is 0 Å². The van der Waals surface area contributed by atoms with Crippen molar-refractivity contribution in [1.29, 1.82) is 0 Å². The van der Waals surface area contributed by atoms with Crippen LogP contribution in [0.5, 0.6) is 0 Å². The first-order valence-corrected chi connectivity index (χ1v) is 20.0. The van der Waals surface area contributed by atoms with Crippen LogP contribution in [0.25, 0.3) is 0 Å². The average molecular weight is 589 g/mol. The van der Waals surface area contributed by atoms with Gasteiger partial charge >= 0.3 is 0 Å². The van der Waals surface area contributed by atoms with Gasteiger partial charge in [-0.3, -0.25) is 0 Å². The van der Waals surface area contributed by atoms with Crippen LogP contribution in [-0.2, 0) is 0 Å². The van der Waals surface area contributed by atoms with Crippen LogP contribution in [0.2, 0.25) is 5.54 Å². The Bertz CT molecular complexity index is 1160. The lowest BCUT2D eigenvalue weighted by molar-refractivity contribution is 0.501. The largest absolute Gasteiger partial charge is 0.327 e. The van der Waals surface area contributed by atoms with Gasteiger partial charge in [0.15, 0.2) is 0 Å². The molecule has 1 aliphatic rings. The molecule has 0 bridgehead atoms. The Labute approximate surface area is 229 Å². The van der Waals surface area contributed by atoms with Gasteiger partial charge in [0.1, 0.15) is 0 Å². The van der Waals surface area contributed by atoms with Crippen LogP contribution in [0.15, 0.2) is 115 Å². The van der Waals surface area contributed by atoms with Crippen molar-refractivity contribution >= 4 is 65.0 Å². The van der Waals surface area contributed by atoms with Crippen LogP contribution in [0.1, 0.15) is 32.1 Å². The topological polar surface area (TPSA) is 0 Å². The van der Waals surface area contributed by atoms with Gasteiger partial charge in [-0.2, -0.15) is 5.19 Å². The van der Waals surface area contributed by atoms with Gasteiger partial charge in [0, 0.05) is 0 Å². The predicted molar refractivity (Wildman–Crippen MR) is 169 cm³/mol. The molecular formula is C32H34BrP2Si-. The third-order valence-corrected chi connectivity index (χ3v) is 18.3. The summed E-state index contributed by atoms with van der Waals surface area (Å²) in [7, 11) is -1.57. The highest BCUT2D eigenvalue weighted by Crippen LogP contribution is 2.42. The maximum Gasteiger partial charge on any atom is -0.0195 e. The molecule has 0 aromatic heterocycles. The van der Waals surface area contributed by atoms with Gasteiger partial charge in [-0.05, 0) is 49.4 Å². The van der Waals surface area contributed by atoms with E-state index in [2.05, 4.69) is 131 Å². The number of rotatable bonds is 9. The smallest absolute Gasteiger partial charge is 0.0195 e. The fourth-order valence-electron chi connectivity index (χ4n) is 5.31. The van der Waals surface area contributed by atoms with E-state index in [9.17, 15) is 0 Å². The first kappa shape index (κ1) is 26.1. The van der Waals surface area contributed by atoms with Crippen molar-refractivity contribution in [3.8, 4) is 0 Å². The molecule has 1 atom stereocenters. The second-order valence-electron chi connectivity index (χ2n) is 9.51. The highest BCUT2D eigenvalue weighted by Gasteiger charge is 2.22. The van der Waals surface area contributed by atoms with Crippen LogP contribution in [0.3, 0.4) is 0 Å². The Morgan fingerprint density at radius 2 is 1.00 bits per heavy atom. The molecule has 36 heavy (non-hydrogen) atoms. The molecule has 0 radical (unpaired) electrons. The van der Waals surface area contributed by atoms with E-state index in [0.29, 0.717) is 0 Å². The van der Waals surface area contributed by atoms with Gasteiger partial charge in [0.2, 0.25) is 0 Å². The van der Waals surface area contributed by atoms with E-state index in [1.165, 1.54) is 60.3 Å². The Morgan fingerprint density at radius 1 is 0.556 bits per heavy atom. The summed E-state index contributed by atoms with van der Waals surface area (Å²) in [6.07, 6.45) is 9.44. The zero-order valence-electron chi connectivity index (χ0n) is 20.8. The van der Waals surface area contributed by atoms with Gasteiger partial charge in [0.25, 0.3) is 0 Å². The van der Waals surface area contributed by atoms with E-state index in [4.69, 9.17) is 0 Å². The molecule has 0 aliphatic heterocycles. The summed E-state index contributed by atoms with van der Waals surface area (Å²) < 4.78 is 0. The molecule has 184 valence electrons. The summed E-state index contributed by atoms with van der Waals surface area (Å²) in [6, 6.07) is 43.2. The summed E-state index contributed by atoms with van der Waals surface area (Å²) in [5, 5.41) is 7.74. The molecule has 4 heteroatoms. The molecule has 5 rings (SSSR count). The van der Waals surface area contributed by atoms with Gasteiger partial charge in [-0.1, -0.05) is 147 Å². The number of halogens is 1. The van der Waals surface area contributed by atoms with Crippen molar-refractivity contribution in [2.75, 3.05) is 12.3 Å². The summed E-state index contributed by atoms with van der Waals surface area (Å²) in [5.41, 5.74) is 0.850. The Hall–Kier alpha value is -1.56. The molecule has 0 nitrogen and oxygen atoms in total. The van der Waals surface area contributed by atoms with E-state index in [0.717, 1.165) is 5.54 Å². The third kappa shape index (κ3) is 6.46. The second-order valence-corrected chi connectivity index (χ2v) is 18.8. The molecule has 4 aromatic carbocycles. The van der Waals surface area contributed by atoms with E-state index in [1.807, 2.05) is 0 Å². The lowest BCUT2D eigenvalue weighted by Gasteiger charge is -2.40. The summed E-state index contributed by atoms with van der Waals surface area (Å²) in [5.74, 6) is 0. The Balaban J connectivity index is 1.49. The second kappa shape index (κ2) is 13.3. The maximum atomic E-state index is 4.31. The van der Waals surface area contributed by atoms with Crippen molar-refractivity contribution in [3.05, 3.63) is 115 Å². The highest BCUT2D eigenvalue weighted by molar-refractivity contribution is 9.25. The molecule has 4 aromatic rings. The first-order valence-electron chi connectivity index (χ1n) is 13.1. The zero-order chi connectivity index (χ0) is 24.6. The quantitative estimate of drug-likeness (QED) is 0.110. The molecular weight excluding hydrogens is 554 g/mol. The lowest BCUT2D eigenvalue weighted by atomic mass is 10.0. The standard InChI is InChI=1S/C32H34BrP2Si/c33-36(30-21-11-4-12-22-30)32-24-14-13-23-31(32)35(29-19-9-3-10-20-29)26-25-34(27-15-5-1-6-16-27)28-17-7-2-8-18-28/h1-3,5-10,13-20,23-24,30H,4,11-12,21-22,25-26H2/q-1. The molecule has 1 saturated carbocycles. The first-order chi connectivity index (χ1) is 17.8. The lowest BCUT2D eigenvalue weighted by Crippen LogP contribution is -2.41. The fraction of sp³-hybridized carbons (Fsp3) is 0.250.